The highest BCUT2D eigenvalue weighted by atomic mass is 19.1. The van der Waals surface area contributed by atoms with E-state index in [0.717, 1.165) is 30.5 Å². The van der Waals surface area contributed by atoms with Crippen molar-refractivity contribution >= 4 is 5.91 Å². The number of benzene rings is 2. The molecule has 1 amide bonds. The Labute approximate surface area is 148 Å². The molecule has 0 bridgehead atoms. The SMILES string of the molecule is CN(C)C(=O)C1(Cc2ccc(-c3ccccc3F)cc2)CCCNC1. The van der Waals surface area contributed by atoms with Crippen molar-refractivity contribution in [1.82, 2.24) is 10.2 Å². The largest absolute Gasteiger partial charge is 0.348 e. The number of hydrogen-bond donors (Lipinski definition) is 1. The molecule has 1 saturated heterocycles. The first-order chi connectivity index (χ1) is 12.0. The molecule has 25 heavy (non-hydrogen) atoms. The molecule has 0 aliphatic carbocycles. The summed E-state index contributed by atoms with van der Waals surface area (Å²) in [5.41, 5.74) is 2.18. The standard InChI is InChI=1S/C21H25FN2O/c1-24(2)20(25)21(12-5-13-23-15-21)14-16-8-10-17(11-9-16)18-6-3-4-7-19(18)22/h3-4,6-11,23H,5,12-15H2,1-2H3. The third-order valence-corrected chi connectivity index (χ3v) is 5.01. The molecule has 1 fully saturated rings. The van der Waals surface area contributed by atoms with Gasteiger partial charge in [-0.25, -0.2) is 4.39 Å². The van der Waals surface area contributed by atoms with E-state index in [1.807, 2.05) is 44.4 Å². The molecular formula is C21H25FN2O. The Morgan fingerprint density at radius 2 is 1.88 bits per heavy atom. The van der Waals surface area contributed by atoms with Crippen LogP contribution in [0.2, 0.25) is 0 Å². The second kappa shape index (κ2) is 7.36. The fraction of sp³-hybridized carbons (Fsp3) is 0.381. The summed E-state index contributed by atoms with van der Waals surface area (Å²) >= 11 is 0. The first-order valence-corrected chi connectivity index (χ1v) is 8.78. The van der Waals surface area contributed by atoms with Crippen molar-refractivity contribution in [2.45, 2.75) is 19.3 Å². The first-order valence-electron chi connectivity index (χ1n) is 8.78. The number of nitrogens with zero attached hydrogens (tertiary/aromatic N) is 1. The van der Waals surface area contributed by atoms with Crippen LogP contribution in [-0.4, -0.2) is 38.0 Å². The smallest absolute Gasteiger partial charge is 0.229 e. The summed E-state index contributed by atoms with van der Waals surface area (Å²) in [5, 5.41) is 3.38. The van der Waals surface area contributed by atoms with Gasteiger partial charge in [-0.2, -0.15) is 0 Å². The minimum absolute atomic E-state index is 0.179. The minimum Gasteiger partial charge on any atom is -0.348 e. The number of carbonyl (C=O) groups is 1. The fourth-order valence-electron chi connectivity index (χ4n) is 3.74. The van der Waals surface area contributed by atoms with Gasteiger partial charge < -0.3 is 10.2 Å². The van der Waals surface area contributed by atoms with Crippen molar-refractivity contribution in [1.29, 1.82) is 0 Å². The molecule has 2 aromatic rings. The lowest BCUT2D eigenvalue weighted by Gasteiger charge is -2.38. The van der Waals surface area contributed by atoms with E-state index in [-0.39, 0.29) is 17.1 Å². The van der Waals surface area contributed by atoms with E-state index >= 15 is 0 Å². The molecule has 1 aliphatic heterocycles. The summed E-state index contributed by atoms with van der Waals surface area (Å²) in [4.78, 5) is 14.5. The molecule has 1 atom stereocenters. The van der Waals surface area contributed by atoms with Crippen molar-refractivity contribution in [2.75, 3.05) is 27.2 Å². The van der Waals surface area contributed by atoms with Crippen LogP contribution in [0.15, 0.2) is 48.5 Å². The Kier molecular flexibility index (Phi) is 5.19. The van der Waals surface area contributed by atoms with Gasteiger partial charge in [-0.3, -0.25) is 4.79 Å². The van der Waals surface area contributed by atoms with Crippen LogP contribution in [0.1, 0.15) is 18.4 Å². The average Bonchev–Trinajstić information content (AvgIpc) is 2.63. The summed E-state index contributed by atoms with van der Waals surface area (Å²) in [7, 11) is 3.64. The summed E-state index contributed by atoms with van der Waals surface area (Å²) in [6, 6.07) is 14.7. The van der Waals surface area contributed by atoms with Gasteiger partial charge in [0, 0.05) is 26.2 Å². The molecular weight excluding hydrogens is 315 g/mol. The number of piperidine rings is 1. The normalized spacial score (nSPS) is 20.3. The maximum absolute atomic E-state index is 13.9. The van der Waals surface area contributed by atoms with Crippen LogP contribution >= 0.6 is 0 Å². The van der Waals surface area contributed by atoms with Crippen LogP contribution in [0.4, 0.5) is 4.39 Å². The monoisotopic (exact) mass is 340 g/mol. The Morgan fingerprint density at radius 3 is 2.48 bits per heavy atom. The highest BCUT2D eigenvalue weighted by Gasteiger charge is 2.40. The maximum atomic E-state index is 13.9. The van der Waals surface area contributed by atoms with Crippen molar-refractivity contribution in [3.8, 4) is 11.1 Å². The third kappa shape index (κ3) is 3.74. The van der Waals surface area contributed by atoms with E-state index in [0.29, 0.717) is 18.5 Å². The van der Waals surface area contributed by atoms with Crippen LogP contribution in [0.5, 0.6) is 0 Å². The second-order valence-electron chi connectivity index (χ2n) is 7.11. The van der Waals surface area contributed by atoms with E-state index < -0.39 is 0 Å². The van der Waals surface area contributed by atoms with Gasteiger partial charge in [0.25, 0.3) is 0 Å². The van der Waals surface area contributed by atoms with Gasteiger partial charge in [-0.05, 0) is 43.0 Å². The van der Waals surface area contributed by atoms with Gasteiger partial charge >= 0.3 is 0 Å². The topological polar surface area (TPSA) is 32.3 Å². The zero-order valence-corrected chi connectivity index (χ0v) is 14.9. The number of nitrogens with one attached hydrogen (secondary N) is 1. The summed E-state index contributed by atoms with van der Waals surface area (Å²) in [6.45, 7) is 1.67. The molecule has 1 aliphatic rings. The number of hydrogen-bond acceptors (Lipinski definition) is 2. The van der Waals surface area contributed by atoms with Crippen LogP contribution in [0.25, 0.3) is 11.1 Å². The zero-order chi connectivity index (χ0) is 17.9. The predicted octanol–water partition coefficient (Wildman–Crippen LogP) is 3.49. The molecule has 4 heteroatoms. The zero-order valence-electron chi connectivity index (χ0n) is 14.9. The number of amides is 1. The molecule has 1 unspecified atom stereocenters. The Morgan fingerprint density at radius 1 is 1.16 bits per heavy atom. The van der Waals surface area contributed by atoms with Gasteiger partial charge in [0.2, 0.25) is 5.91 Å². The van der Waals surface area contributed by atoms with E-state index in [1.165, 1.54) is 6.07 Å². The lowest BCUT2D eigenvalue weighted by Crippen LogP contribution is -2.51. The number of rotatable bonds is 4. The Balaban J connectivity index is 1.84. The molecule has 3 rings (SSSR count). The van der Waals surface area contributed by atoms with Crippen LogP contribution in [0, 0.1) is 11.2 Å². The predicted molar refractivity (Wildman–Crippen MR) is 98.8 cm³/mol. The van der Waals surface area contributed by atoms with Crippen molar-refractivity contribution < 1.29 is 9.18 Å². The molecule has 0 aromatic heterocycles. The third-order valence-electron chi connectivity index (χ3n) is 5.01. The van der Waals surface area contributed by atoms with Gasteiger partial charge in [0.15, 0.2) is 0 Å². The highest BCUT2D eigenvalue weighted by molar-refractivity contribution is 5.83. The molecule has 132 valence electrons. The Hall–Kier alpha value is -2.20. The molecule has 2 aromatic carbocycles. The summed E-state index contributed by atoms with van der Waals surface area (Å²) in [6.07, 6.45) is 2.60. The quantitative estimate of drug-likeness (QED) is 0.924. The highest BCUT2D eigenvalue weighted by Crippen LogP contribution is 2.33. The molecule has 1 N–H and O–H groups in total. The van der Waals surface area contributed by atoms with E-state index in [2.05, 4.69) is 5.32 Å². The van der Waals surface area contributed by atoms with Crippen molar-refractivity contribution in [3.63, 3.8) is 0 Å². The van der Waals surface area contributed by atoms with Gasteiger partial charge in [-0.15, -0.1) is 0 Å². The minimum atomic E-state index is -0.388. The lowest BCUT2D eigenvalue weighted by atomic mass is 9.74. The van der Waals surface area contributed by atoms with Crippen molar-refractivity contribution in [2.24, 2.45) is 5.41 Å². The van der Waals surface area contributed by atoms with E-state index in [9.17, 15) is 9.18 Å². The lowest BCUT2D eigenvalue weighted by molar-refractivity contribution is -0.140. The molecule has 0 radical (unpaired) electrons. The summed E-state index contributed by atoms with van der Waals surface area (Å²) in [5.74, 6) is -0.0381. The van der Waals surface area contributed by atoms with Gasteiger partial charge in [-0.1, -0.05) is 42.5 Å². The summed E-state index contributed by atoms with van der Waals surface area (Å²) < 4.78 is 13.9. The molecule has 1 heterocycles. The van der Waals surface area contributed by atoms with Gasteiger partial charge in [0.05, 0.1) is 5.41 Å². The number of carbonyl (C=O) groups excluding carboxylic acids is 1. The van der Waals surface area contributed by atoms with E-state index in [4.69, 9.17) is 0 Å². The maximum Gasteiger partial charge on any atom is 0.229 e. The second-order valence-corrected chi connectivity index (χ2v) is 7.11. The molecule has 0 spiro atoms. The Bertz CT molecular complexity index is 734. The van der Waals surface area contributed by atoms with Crippen LogP contribution in [-0.2, 0) is 11.2 Å². The van der Waals surface area contributed by atoms with Gasteiger partial charge in [0.1, 0.15) is 5.82 Å². The van der Waals surface area contributed by atoms with Crippen LogP contribution in [0.3, 0.4) is 0 Å². The fourth-order valence-corrected chi connectivity index (χ4v) is 3.74. The number of halogens is 1. The molecule has 0 saturated carbocycles. The molecule has 3 nitrogen and oxygen atoms in total. The average molecular weight is 340 g/mol. The van der Waals surface area contributed by atoms with E-state index in [1.54, 1.807) is 17.0 Å². The van der Waals surface area contributed by atoms with Crippen molar-refractivity contribution in [3.05, 3.63) is 59.9 Å². The first kappa shape index (κ1) is 17.6. The van der Waals surface area contributed by atoms with Crippen LogP contribution < -0.4 is 5.32 Å².